The van der Waals surface area contributed by atoms with E-state index in [1.54, 1.807) is 11.8 Å². The van der Waals surface area contributed by atoms with Gasteiger partial charge in [-0.15, -0.1) is 0 Å². The first-order valence-corrected chi connectivity index (χ1v) is 8.40. The van der Waals surface area contributed by atoms with Crippen molar-refractivity contribution in [3.05, 3.63) is 0 Å². The van der Waals surface area contributed by atoms with Crippen LogP contribution in [-0.4, -0.2) is 54.4 Å². The quantitative estimate of drug-likeness (QED) is 0.561. The number of urea groups is 1. The summed E-state index contributed by atoms with van der Waals surface area (Å²) < 4.78 is 5.61. The Labute approximate surface area is 124 Å². The smallest absolute Gasteiger partial charge is 0.326 e. The number of aliphatic carboxylic acids is 1. The fourth-order valence-corrected chi connectivity index (χ4v) is 2.62. The molecule has 0 unspecified atom stereocenters. The van der Waals surface area contributed by atoms with Gasteiger partial charge in [-0.25, -0.2) is 9.59 Å². The van der Waals surface area contributed by atoms with E-state index in [1.165, 1.54) is 12.8 Å². The number of amides is 2. The summed E-state index contributed by atoms with van der Waals surface area (Å²) in [6.45, 7) is 0.873. The van der Waals surface area contributed by atoms with Gasteiger partial charge in [0.1, 0.15) is 6.04 Å². The lowest BCUT2D eigenvalue weighted by Gasteiger charge is -2.15. The molecule has 1 aliphatic carbocycles. The zero-order valence-electron chi connectivity index (χ0n) is 11.9. The second-order valence-electron chi connectivity index (χ2n) is 4.85. The lowest BCUT2D eigenvalue weighted by atomic mass is 10.2. The number of carbonyl (C=O) groups excluding carboxylic acids is 1. The van der Waals surface area contributed by atoms with Gasteiger partial charge in [-0.3, -0.25) is 0 Å². The molecule has 1 fully saturated rings. The molecule has 116 valence electrons. The maximum atomic E-state index is 11.6. The maximum absolute atomic E-state index is 11.6. The van der Waals surface area contributed by atoms with Crippen LogP contribution in [0.1, 0.15) is 32.1 Å². The Morgan fingerprint density at radius 1 is 1.40 bits per heavy atom. The molecule has 0 aromatic heterocycles. The number of hydrogen-bond acceptors (Lipinski definition) is 4. The Morgan fingerprint density at radius 2 is 2.10 bits per heavy atom. The Bertz CT molecular complexity index is 309. The summed E-state index contributed by atoms with van der Waals surface area (Å²) in [6.07, 6.45) is 7.28. The lowest BCUT2D eigenvalue weighted by Crippen LogP contribution is -2.47. The number of nitrogens with one attached hydrogen (secondary N) is 2. The molecule has 6 nitrogen and oxygen atoms in total. The molecule has 7 heteroatoms. The zero-order chi connectivity index (χ0) is 14.8. The fraction of sp³-hybridized carbons (Fsp3) is 0.846. The van der Waals surface area contributed by atoms with Crippen LogP contribution in [0.25, 0.3) is 0 Å². The highest BCUT2D eigenvalue weighted by molar-refractivity contribution is 7.98. The highest BCUT2D eigenvalue weighted by atomic mass is 32.2. The van der Waals surface area contributed by atoms with Crippen molar-refractivity contribution in [3.8, 4) is 0 Å². The van der Waals surface area contributed by atoms with Gasteiger partial charge in [0.2, 0.25) is 0 Å². The minimum Gasteiger partial charge on any atom is -0.480 e. The van der Waals surface area contributed by atoms with Crippen LogP contribution in [0, 0.1) is 0 Å². The third-order valence-electron chi connectivity index (χ3n) is 3.26. The summed E-state index contributed by atoms with van der Waals surface area (Å²) in [5.74, 6) is -0.307. The lowest BCUT2D eigenvalue weighted by molar-refractivity contribution is -0.139. The third kappa shape index (κ3) is 7.00. The van der Waals surface area contributed by atoms with Gasteiger partial charge >= 0.3 is 12.0 Å². The summed E-state index contributed by atoms with van der Waals surface area (Å²) in [5.41, 5.74) is 0. The molecule has 0 heterocycles. The first-order valence-electron chi connectivity index (χ1n) is 7.01. The standard InChI is InChI=1S/C13H24N2O4S/c1-20-9-6-11(12(16)17)15-13(18)14-7-8-19-10-4-2-3-5-10/h10-11H,2-9H2,1H3,(H,16,17)(H2,14,15,18)/t11-/m1/s1. The first-order chi connectivity index (χ1) is 9.63. The van der Waals surface area contributed by atoms with Crippen LogP contribution in [-0.2, 0) is 9.53 Å². The van der Waals surface area contributed by atoms with Crippen molar-refractivity contribution < 1.29 is 19.4 Å². The van der Waals surface area contributed by atoms with Gasteiger partial charge < -0.3 is 20.5 Å². The summed E-state index contributed by atoms with van der Waals surface area (Å²) in [5, 5.41) is 14.1. The zero-order valence-corrected chi connectivity index (χ0v) is 12.7. The van der Waals surface area contributed by atoms with Crippen LogP contribution in [0.5, 0.6) is 0 Å². The van der Waals surface area contributed by atoms with E-state index in [4.69, 9.17) is 9.84 Å². The molecule has 0 bridgehead atoms. The molecule has 1 rings (SSSR count). The highest BCUT2D eigenvalue weighted by Crippen LogP contribution is 2.20. The van der Waals surface area contributed by atoms with Crippen LogP contribution < -0.4 is 10.6 Å². The van der Waals surface area contributed by atoms with Crippen molar-refractivity contribution in [3.63, 3.8) is 0 Å². The Balaban J connectivity index is 2.12. The fourth-order valence-electron chi connectivity index (χ4n) is 2.15. The van der Waals surface area contributed by atoms with Crippen LogP contribution in [0.4, 0.5) is 4.79 Å². The molecular formula is C13H24N2O4S. The van der Waals surface area contributed by atoms with Gasteiger partial charge in [-0.1, -0.05) is 12.8 Å². The molecule has 2 amide bonds. The first kappa shape index (κ1) is 17.1. The van der Waals surface area contributed by atoms with E-state index in [2.05, 4.69) is 10.6 Å². The Morgan fingerprint density at radius 3 is 2.70 bits per heavy atom. The molecule has 0 aromatic rings. The monoisotopic (exact) mass is 304 g/mol. The second kappa shape index (κ2) is 9.88. The molecule has 3 N–H and O–H groups in total. The molecule has 20 heavy (non-hydrogen) atoms. The molecule has 1 atom stereocenters. The van der Waals surface area contributed by atoms with Crippen LogP contribution in [0.2, 0.25) is 0 Å². The van der Waals surface area contributed by atoms with Crippen LogP contribution >= 0.6 is 11.8 Å². The third-order valence-corrected chi connectivity index (χ3v) is 3.90. The number of thioether (sulfide) groups is 1. The largest absolute Gasteiger partial charge is 0.480 e. The molecule has 0 radical (unpaired) electrons. The van der Waals surface area contributed by atoms with Gasteiger partial charge in [0, 0.05) is 6.54 Å². The minimum atomic E-state index is -1.00. The number of carboxylic acids is 1. The molecular weight excluding hydrogens is 280 g/mol. The molecule has 0 spiro atoms. The topological polar surface area (TPSA) is 87.7 Å². The average Bonchev–Trinajstić information content (AvgIpc) is 2.92. The second-order valence-corrected chi connectivity index (χ2v) is 5.84. The maximum Gasteiger partial charge on any atom is 0.326 e. The van der Waals surface area contributed by atoms with Crippen molar-refractivity contribution in [1.82, 2.24) is 10.6 Å². The normalized spacial score (nSPS) is 16.9. The molecule has 0 saturated heterocycles. The number of rotatable bonds is 9. The van der Waals surface area contributed by atoms with E-state index in [0.29, 0.717) is 31.4 Å². The Hall–Kier alpha value is -0.950. The molecule has 0 aliphatic heterocycles. The minimum absolute atomic E-state index is 0.327. The van der Waals surface area contributed by atoms with E-state index in [0.717, 1.165) is 12.8 Å². The number of carbonyl (C=O) groups is 2. The van der Waals surface area contributed by atoms with Gasteiger partial charge in [-0.2, -0.15) is 11.8 Å². The molecule has 1 aliphatic rings. The predicted molar refractivity (Wildman–Crippen MR) is 79.2 cm³/mol. The van der Waals surface area contributed by atoms with Crippen molar-refractivity contribution in [1.29, 1.82) is 0 Å². The van der Waals surface area contributed by atoms with Gasteiger partial charge in [0.15, 0.2) is 0 Å². The predicted octanol–water partition coefficient (Wildman–Crippen LogP) is 1.45. The average molecular weight is 304 g/mol. The van der Waals surface area contributed by atoms with E-state index < -0.39 is 18.0 Å². The SMILES string of the molecule is CSCC[C@@H](NC(=O)NCCOC1CCCC1)C(=O)O. The van der Waals surface area contributed by atoms with E-state index in [9.17, 15) is 9.59 Å². The highest BCUT2D eigenvalue weighted by Gasteiger charge is 2.19. The van der Waals surface area contributed by atoms with Crippen molar-refractivity contribution in [2.75, 3.05) is 25.2 Å². The van der Waals surface area contributed by atoms with Crippen LogP contribution in [0.3, 0.4) is 0 Å². The van der Waals surface area contributed by atoms with Gasteiger partial charge in [0.05, 0.1) is 12.7 Å². The number of carboxylic acid groups (broad SMARTS) is 1. The molecule has 0 aromatic carbocycles. The summed E-state index contributed by atoms with van der Waals surface area (Å²) in [7, 11) is 0. The number of hydrogen-bond donors (Lipinski definition) is 3. The summed E-state index contributed by atoms with van der Waals surface area (Å²) in [6, 6.07) is -1.29. The van der Waals surface area contributed by atoms with Crippen molar-refractivity contribution in [2.45, 2.75) is 44.2 Å². The summed E-state index contributed by atoms with van der Waals surface area (Å²) in [4.78, 5) is 22.5. The van der Waals surface area contributed by atoms with Crippen molar-refractivity contribution in [2.24, 2.45) is 0 Å². The van der Waals surface area contributed by atoms with Crippen LogP contribution in [0.15, 0.2) is 0 Å². The van der Waals surface area contributed by atoms with Gasteiger partial charge in [-0.05, 0) is 31.3 Å². The summed E-state index contributed by atoms with van der Waals surface area (Å²) >= 11 is 1.55. The Kier molecular flexibility index (Phi) is 8.45. The van der Waals surface area contributed by atoms with Crippen molar-refractivity contribution >= 4 is 23.8 Å². The van der Waals surface area contributed by atoms with E-state index in [-0.39, 0.29) is 0 Å². The van der Waals surface area contributed by atoms with E-state index in [1.807, 2.05) is 6.26 Å². The van der Waals surface area contributed by atoms with Gasteiger partial charge in [0.25, 0.3) is 0 Å². The number of ether oxygens (including phenoxy) is 1. The van der Waals surface area contributed by atoms with E-state index >= 15 is 0 Å². The molecule has 1 saturated carbocycles.